The summed E-state index contributed by atoms with van der Waals surface area (Å²) in [6, 6.07) is 21.1. The van der Waals surface area contributed by atoms with Crippen molar-refractivity contribution in [1.29, 1.82) is 5.26 Å². The van der Waals surface area contributed by atoms with Gasteiger partial charge in [-0.1, -0.05) is 75.4 Å². The van der Waals surface area contributed by atoms with Crippen molar-refractivity contribution in [3.63, 3.8) is 0 Å². The molecule has 5 heteroatoms. The molecule has 4 atom stereocenters. The van der Waals surface area contributed by atoms with Crippen LogP contribution in [0.25, 0.3) is 0 Å². The quantitative estimate of drug-likeness (QED) is 0.748. The maximum absolute atomic E-state index is 9.85. The smallest absolute Gasteiger partial charge is 0.200 e. The van der Waals surface area contributed by atoms with E-state index < -0.39 is 0 Å². The minimum absolute atomic E-state index is 0.00448. The normalized spacial score (nSPS) is 27.1. The first-order valence-electron chi connectivity index (χ1n) is 9.63. The lowest BCUT2D eigenvalue weighted by molar-refractivity contribution is 0.0340. The standard InChI is InChI=1S/C23H26N4O/c1-23(2,3)16-11-9-14(10-12-16)18-17(13-24)21(25)28-22-19(18)20(26-27-22)15-7-5-4-6-8-15/h4-12,18-20,22,26-27H,25H2,1-3H3. The van der Waals surface area contributed by atoms with E-state index in [1.54, 1.807) is 0 Å². The lowest BCUT2D eigenvalue weighted by Crippen LogP contribution is -2.41. The number of hydrogen-bond donors (Lipinski definition) is 3. The first-order valence-corrected chi connectivity index (χ1v) is 9.63. The minimum atomic E-state index is -0.297. The number of allylic oxidation sites excluding steroid dienone is 1. The first-order chi connectivity index (χ1) is 13.4. The molecule has 1 saturated heterocycles. The van der Waals surface area contributed by atoms with Crippen LogP contribution in [-0.2, 0) is 10.2 Å². The third-order valence-corrected chi connectivity index (χ3v) is 5.75. The number of nitriles is 1. The molecule has 4 unspecified atom stereocenters. The van der Waals surface area contributed by atoms with Crippen molar-refractivity contribution < 1.29 is 4.74 Å². The number of hydrogen-bond acceptors (Lipinski definition) is 5. The highest BCUT2D eigenvalue weighted by Gasteiger charge is 2.49. The van der Waals surface area contributed by atoms with Crippen molar-refractivity contribution in [1.82, 2.24) is 10.9 Å². The molecule has 0 amide bonds. The maximum atomic E-state index is 9.85. The van der Waals surface area contributed by atoms with Crippen LogP contribution >= 0.6 is 0 Å². The molecule has 1 fully saturated rings. The average molecular weight is 374 g/mol. The molecule has 0 spiro atoms. The SMILES string of the molecule is CC(C)(C)c1ccc(C2C(C#N)=C(N)OC3NNC(c4ccccc4)C32)cc1. The number of nitrogens with two attached hydrogens (primary N) is 1. The van der Waals surface area contributed by atoms with Crippen molar-refractivity contribution in [2.75, 3.05) is 0 Å². The average Bonchev–Trinajstić information content (AvgIpc) is 3.10. The Morgan fingerprint density at radius 3 is 2.25 bits per heavy atom. The summed E-state index contributed by atoms with van der Waals surface area (Å²) < 4.78 is 5.86. The zero-order valence-electron chi connectivity index (χ0n) is 16.4. The van der Waals surface area contributed by atoms with E-state index in [4.69, 9.17) is 10.5 Å². The zero-order valence-corrected chi connectivity index (χ0v) is 16.4. The van der Waals surface area contributed by atoms with Crippen molar-refractivity contribution in [2.24, 2.45) is 11.7 Å². The molecule has 0 aliphatic carbocycles. The third kappa shape index (κ3) is 3.15. The summed E-state index contributed by atoms with van der Waals surface area (Å²) in [5, 5.41) is 9.85. The number of rotatable bonds is 2. The van der Waals surface area contributed by atoms with Crippen LogP contribution in [-0.4, -0.2) is 6.23 Å². The molecule has 0 bridgehead atoms. The van der Waals surface area contributed by atoms with Crippen molar-refractivity contribution in [2.45, 2.75) is 44.4 Å². The third-order valence-electron chi connectivity index (χ3n) is 5.75. The fourth-order valence-corrected chi connectivity index (χ4v) is 4.23. The molecule has 0 saturated carbocycles. The molecule has 0 radical (unpaired) electrons. The molecular formula is C23H26N4O. The summed E-state index contributed by atoms with van der Waals surface area (Å²) in [5.41, 5.74) is 16.8. The molecule has 2 heterocycles. The second-order valence-corrected chi connectivity index (χ2v) is 8.53. The van der Waals surface area contributed by atoms with Crippen LogP contribution < -0.4 is 16.6 Å². The van der Waals surface area contributed by atoms with Crippen molar-refractivity contribution >= 4 is 0 Å². The van der Waals surface area contributed by atoms with Gasteiger partial charge in [-0.05, 0) is 22.1 Å². The van der Waals surface area contributed by atoms with Gasteiger partial charge in [0.05, 0.1) is 11.6 Å². The topological polar surface area (TPSA) is 83.1 Å². The molecule has 4 N–H and O–H groups in total. The number of nitrogens with one attached hydrogen (secondary N) is 2. The molecule has 4 rings (SSSR count). The van der Waals surface area contributed by atoms with Crippen LogP contribution in [0, 0.1) is 17.2 Å². The highest BCUT2D eigenvalue weighted by Crippen LogP contribution is 2.47. The van der Waals surface area contributed by atoms with E-state index in [0.29, 0.717) is 5.57 Å². The van der Waals surface area contributed by atoms with Crippen molar-refractivity contribution in [3.05, 3.63) is 82.7 Å². The molecule has 5 nitrogen and oxygen atoms in total. The maximum Gasteiger partial charge on any atom is 0.200 e. The Labute approximate surface area is 166 Å². The van der Waals surface area contributed by atoms with Crippen LogP contribution in [0.4, 0.5) is 0 Å². The van der Waals surface area contributed by atoms with Crippen molar-refractivity contribution in [3.8, 4) is 6.07 Å². The fourth-order valence-electron chi connectivity index (χ4n) is 4.23. The molecule has 2 aliphatic rings. The second-order valence-electron chi connectivity index (χ2n) is 8.53. The number of fused-ring (bicyclic) bond motifs is 1. The van der Waals surface area contributed by atoms with E-state index in [1.165, 1.54) is 5.56 Å². The molecule has 28 heavy (non-hydrogen) atoms. The zero-order chi connectivity index (χ0) is 19.9. The Bertz CT molecular complexity index is 922. The van der Waals surface area contributed by atoms with E-state index in [2.05, 4.69) is 74.1 Å². The fraction of sp³-hybridized carbons (Fsp3) is 0.348. The summed E-state index contributed by atoms with van der Waals surface area (Å²) in [5.74, 6) is 0.0620. The number of hydrazine groups is 1. The Morgan fingerprint density at radius 1 is 0.964 bits per heavy atom. The largest absolute Gasteiger partial charge is 0.458 e. The first kappa shape index (κ1) is 18.5. The van der Waals surface area contributed by atoms with E-state index in [0.717, 1.165) is 11.1 Å². The Hall–Kier alpha value is -2.81. The van der Waals surface area contributed by atoms with Crippen LogP contribution in [0.15, 0.2) is 66.1 Å². The van der Waals surface area contributed by atoms with Crippen LogP contribution in [0.3, 0.4) is 0 Å². The molecule has 2 aromatic carbocycles. The van der Waals surface area contributed by atoms with Crippen LogP contribution in [0.5, 0.6) is 0 Å². The van der Waals surface area contributed by atoms with Gasteiger partial charge < -0.3 is 10.5 Å². The van der Waals surface area contributed by atoms with Gasteiger partial charge in [0.2, 0.25) is 5.88 Å². The van der Waals surface area contributed by atoms with Crippen LogP contribution in [0.2, 0.25) is 0 Å². The Balaban J connectivity index is 1.79. The second kappa shape index (κ2) is 6.97. The van der Waals surface area contributed by atoms with Gasteiger partial charge in [0.1, 0.15) is 6.07 Å². The molecule has 2 aromatic rings. The number of benzene rings is 2. The van der Waals surface area contributed by atoms with E-state index in [-0.39, 0.29) is 35.4 Å². The number of nitrogens with zero attached hydrogens (tertiary/aromatic N) is 1. The van der Waals surface area contributed by atoms with Gasteiger partial charge >= 0.3 is 0 Å². The van der Waals surface area contributed by atoms with Crippen LogP contribution in [0.1, 0.15) is 49.4 Å². The summed E-state index contributed by atoms with van der Waals surface area (Å²) >= 11 is 0. The van der Waals surface area contributed by atoms with Gasteiger partial charge in [-0.3, -0.25) is 0 Å². The lowest BCUT2D eigenvalue weighted by atomic mass is 9.73. The minimum Gasteiger partial charge on any atom is -0.458 e. The van der Waals surface area contributed by atoms with E-state index in [9.17, 15) is 5.26 Å². The summed E-state index contributed by atoms with van der Waals surface area (Å²) in [6.07, 6.45) is -0.297. The summed E-state index contributed by atoms with van der Waals surface area (Å²) in [4.78, 5) is 0. The predicted molar refractivity (Wildman–Crippen MR) is 109 cm³/mol. The Kier molecular flexibility index (Phi) is 4.62. The van der Waals surface area contributed by atoms with Gasteiger partial charge in [0.15, 0.2) is 6.23 Å². The summed E-state index contributed by atoms with van der Waals surface area (Å²) in [7, 11) is 0. The number of ether oxygens (including phenoxy) is 1. The van der Waals surface area contributed by atoms with Gasteiger partial charge in [-0.2, -0.15) is 5.26 Å². The monoisotopic (exact) mass is 374 g/mol. The Morgan fingerprint density at radius 2 is 1.64 bits per heavy atom. The molecule has 2 aliphatic heterocycles. The predicted octanol–water partition coefficient (Wildman–Crippen LogP) is 3.58. The molecule has 0 aromatic heterocycles. The summed E-state index contributed by atoms with van der Waals surface area (Å²) in [6.45, 7) is 6.59. The van der Waals surface area contributed by atoms with Gasteiger partial charge in [0.25, 0.3) is 0 Å². The van der Waals surface area contributed by atoms with Gasteiger partial charge in [-0.25, -0.2) is 10.9 Å². The van der Waals surface area contributed by atoms with Gasteiger partial charge in [0, 0.05) is 11.8 Å². The van der Waals surface area contributed by atoms with E-state index >= 15 is 0 Å². The highest BCUT2D eigenvalue weighted by atomic mass is 16.5. The highest BCUT2D eigenvalue weighted by molar-refractivity contribution is 5.43. The van der Waals surface area contributed by atoms with E-state index in [1.807, 2.05) is 18.2 Å². The lowest BCUT2D eigenvalue weighted by Gasteiger charge is -2.36. The molecular weight excluding hydrogens is 348 g/mol. The molecule has 144 valence electrons. The van der Waals surface area contributed by atoms with Gasteiger partial charge in [-0.15, -0.1) is 0 Å².